The lowest BCUT2D eigenvalue weighted by atomic mass is 9.97. The van der Waals surface area contributed by atoms with Crippen LogP contribution in [-0.4, -0.2) is 9.97 Å². The van der Waals surface area contributed by atoms with Gasteiger partial charge in [0, 0.05) is 39.7 Å². The first kappa shape index (κ1) is 20.9. The molecular weight excluding hydrogens is 468 g/mol. The standard InChI is InChI=1S/C34H20N2O2/c1-3-13-28-25(11-1)26-15-17-36-33(34(26)38-28)24-10-6-8-22(20-24)21-7-5-9-23(19-21)32-31-27-12-2-4-14-29(27)37-30(31)16-18-35-32/h1-20H. The summed E-state index contributed by atoms with van der Waals surface area (Å²) in [5.74, 6) is 0. The zero-order valence-corrected chi connectivity index (χ0v) is 20.3. The van der Waals surface area contributed by atoms with Crippen molar-refractivity contribution < 1.29 is 8.83 Å². The average Bonchev–Trinajstić information content (AvgIpc) is 3.56. The summed E-state index contributed by atoms with van der Waals surface area (Å²) in [6.07, 6.45) is 3.67. The molecule has 0 unspecified atom stereocenters. The van der Waals surface area contributed by atoms with Gasteiger partial charge in [0.2, 0.25) is 0 Å². The second-order valence-corrected chi connectivity index (χ2v) is 9.43. The van der Waals surface area contributed by atoms with E-state index >= 15 is 0 Å². The highest BCUT2D eigenvalue weighted by Gasteiger charge is 2.16. The Kier molecular flexibility index (Phi) is 4.49. The number of para-hydroxylation sites is 2. The zero-order valence-electron chi connectivity index (χ0n) is 20.3. The van der Waals surface area contributed by atoms with E-state index in [0.29, 0.717) is 0 Å². The maximum absolute atomic E-state index is 6.25. The van der Waals surface area contributed by atoms with Crippen LogP contribution in [0.2, 0.25) is 0 Å². The van der Waals surface area contributed by atoms with E-state index in [9.17, 15) is 0 Å². The Bertz CT molecular complexity index is 2150. The number of rotatable bonds is 3. The molecule has 8 aromatic rings. The first-order valence-corrected chi connectivity index (χ1v) is 12.6. The van der Waals surface area contributed by atoms with Crippen molar-refractivity contribution in [3.8, 4) is 33.6 Å². The molecule has 0 aliphatic rings. The van der Waals surface area contributed by atoms with Crippen molar-refractivity contribution in [3.63, 3.8) is 0 Å². The van der Waals surface area contributed by atoms with Crippen molar-refractivity contribution >= 4 is 43.9 Å². The van der Waals surface area contributed by atoms with E-state index < -0.39 is 0 Å². The minimum absolute atomic E-state index is 0.808. The Labute approximate surface area is 217 Å². The summed E-state index contributed by atoms with van der Waals surface area (Å²) in [4.78, 5) is 9.49. The first-order chi connectivity index (χ1) is 18.8. The number of hydrogen-bond acceptors (Lipinski definition) is 4. The lowest BCUT2D eigenvalue weighted by Gasteiger charge is -2.09. The number of nitrogens with zero attached hydrogens (tertiary/aromatic N) is 2. The van der Waals surface area contributed by atoms with Crippen molar-refractivity contribution in [2.24, 2.45) is 0 Å². The van der Waals surface area contributed by atoms with Gasteiger partial charge in [0.25, 0.3) is 0 Å². The molecule has 0 saturated heterocycles. The first-order valence-electron chi connectivity index (χ1n) is 12.6. The Morgan fingerprint density at radius 3 is 1.82 bits per heavy atom. The minimum Gasteiger partial charge on any atom is -0.456 e. The van der Waals surface area contributed by atoms with Crippen LogP contribution in [0.25, 0.3) is 77.5 Å². The molecule has 0 bridgehead atoms. The summed E-state index contributed by atoms with van der Waals surface area (Å²) in [6, 6.07) is 37.1. The normalized spacial score (nSPS) is 11.7. The van der Waals surface area contributed by atoms with Gasteiger partial charge in [0.05, 0.1) is 11.1 Å². The molecule has 4 aromatic carbocycles. The summed E-state index contributed by atoms with van der Waals surface area (Å²) in [7, 11) is 0. The molecule has 0 aliphatic heterocycles. The van der Waals surface area contributed by atoms with Gasteiger partial charge in [-0.3, -0.25) is 9.97 Å². The van der Waals surface area contributed by atoms with E-state index in [1.54, 1.807) is 0 Å². The third kappa shape index (κ3) is 3.17. The fraction of sp³-hybridized carbons (Fsp3) is 0. The molecule has 0 fully saturated rings. The number of pyridine rings is 2. The molecule has 38 heavy (non-hydrogen) atoms. The van der Waals surface area contributed by atoms with E-state index in [0.717, 1.165) is 77.5 Å². The molecule has 0 spiro atoms. The van der Waals surface area contributed by atoms with Gasteiger partial charge in [-0.2, -0.15) is 0 Å². The number of furan rings is 2. The van der Waals surface area contributed by atoms with Gasteiger partial charge in [-0.25, -0.2) is 0 Å². The van der Waals surface area contributed by atoms with Crippen LogP contribution in [0.5, 0.6) is 0 Å². The van der Waals surface area contributed by atoms with Crippen LogP contribution in [0, 0.1) is 0 Å². The molecule has 0 atom stereocenters. The van der Waals surface area contributed by atoms with Crippen molar-refractivity contribution in [1.29, 1.82) is 0 Å². The highest BCUT2D eigenvalue weighted by molar-refractivity contribution is 6.11. The fourth-order valence-electron chi connectivity index (χ4n) is 5.44. The molecule has 8 rings (SSSR count). The second kappa shape index (κ2) is 8.15. The molecule has 0 saturated carbocycles. The number of fused-ring (bicyclic) bond motifs is 6. The van der Waals surface area contributed by atoms with Gasteiger partial charge in [-0.15, -0.1) is 0 Å². The lowest BCUT2D eigenvalue weighted by molar-refractivity contribution is 0.668. The van der Waals surface area contributed by atoms with Crippen molar-refractivity contribution in [2.75, 3.05) is 0 Å². The molecule has 4 heterocycles. The molecular formula is C34H20N2O2. The molecule has 0 aliphatic carbocycles. The third-order valence-electron chi connectivity index (χ3n) is 7.19. The van der Waals surface area contributed by atoms with Crippen LogP contribution < -0.4 is 0 Å². The van der Waals surface area contributed by atoms with Crippen LogP contribution in [0.4, 0.5) is 0 Å². The predicted octanol–water partition coefficient (Wildman–Crippen LogP) is 9.28. The monoisotopic (exact) mass is 488 g/mol. The van der Waals surface area contributed by atoms with E-state index in [-0.39, 0.29) is 0 Å². The van der Waals surface area contributed by atoms with Gasteiger partial charge in [-0.05, 0) is 47.5 Å². The number of aromatic nitrogens is 2. The van der Waals surface area contributed by atoms with Gasteiger partial charge in [0.15, 0.2) is 5.58 Å². The average molecular weight is 489 g/mol. The molecule has 4 aromatic heterocycles. The smallest absolute Gasteiger partial charge is 0.161 e. The van der Waals surface area contributed by atoms with Crippen LogP contribution in [0.15, 0.2) is 130 Å². The minimum atomic E-state index is 0.808. The molecule has 0 radical (unpaired) electrons. The largest absolute Gasteiger partial charge is 0.456 e. The van der Waals surface area contributed by atoms with Crippen molar-refractivity contribution in [2.45, 2.75) is 0 Å². The number of benzene rings is 4. The Balaban J connectivity index is 1.27. The van der Waals surface area contributed by atoms with Gasteiger partial charge in [-0.1, -0.05) is 72.8 Å². The van der Waals surface area contributed by atoms with Crippen LogP contribution in [0.1, 0.15) is 0 Å². The maximum atomic E-state index is 6.25. The SMILES string of the molecule is c1cc(-c2cccc(-c3nccc4oc5ccccc5c34)c2)cc(-c2nccc3c2oc2ccccc23)c1. The van der Waals surface area contributed by atoms with Gasteiger partial charge in [0.1, 0.15) is 22.4 Å². The van der Waals surface area contributed by atoms with E-state index in [4.69, 9.17) is 18.8 Å². The van der Waals surface area contributed by atoms with Gasteiger partial charge < -0.3 is 8.83 Å². The Morgan fingerprint density at radius 1 is 0.421 bits per heavy atom. The van der Waals surface area contributed by atoms with E-state index in [1.165, 1.54) is 0 Å². The van der Waals surface area contributed by atoms with E-state index in [1.807, 2.05) is 60.9 Å². The summed E-state index contributed by atoms with van der Waals surface area (Å²) in [6.45, 7) is 0. The predicted molar refractivity (Wildman–Crippen MR) is 153 cm³/mol. The Morgan fingerprint density at radius 2 is 1.03 bits per heavy atom. The fourth-order valence-corrected chi connectivity index (χ4v) is 5.44. The maximum Gasteiger partial charge on any atom is 0.161 e. The van der Waals surface area contributed by atoms with Crippen LogP contribution >= 0.6 is 0 Å². The highest BCUT2D eigenvalue weighted by Crippen LogP contribution is 2.38. The molecule has 0 N–H and O–H groups in total. The summed E-state index contributed by atoms with van der Waals surface area (Å²) in [5, 5.41) is 4.28. The zero-order chi connectivity index (χ0) is 25.1. The quantitative estimate of drug-likeness (QED) is 0.249. The van der Waals surface area contributed by atoms with Crippen LogP contribution in [-0.2, 0) is 0 Å². The third-order valence-corrected chi connectivity index (χ3v) is 7.19. The van der Waals surface area contributed by atoms with E-state index in [2.05, 4.69) is 60.7 Å². The summed E-state index contributed by atoms with van der Waals surface area (Å²) in [5.41, 5.74) is 9.41. The lowest BCUT2D eigenvalue weighted by Crippen LogP contribution is -1.88. The number of hydrogen-bond donors (Lipinski definition) is 0. The topological polar surface area (TPSA) is 52.1 Å². The van der Waals surface area contributed by atoms with Crippen molar-refractivity contribution in [1.82, 2.24) is 9.97 Å². The summed E-state index contributed by atoms with van der Waals surface area (Å²) < 4.78 is 12.3. The molecule has 0 amide bonds. The molecule has 4 heteroatoms. The molecule has 4 nitrogen and oxygen atoms in total. The highest BCUT2D eigenvalue weighted by atomic mass is 16.3. The van der Waals surface area contributed by atoms with Gasteiger partial charge >= 0.3 is 0 Å². The molecule has 178 valence electrons. The van der Waals surface area contributed by atoms with Crippen LogP contribution in [0.3, 0.4) is 0 Å². The Hall–Kier alpha value is -5.22. The van der Waals surface area contributed by atoms with Crippen molar-refractivity contribution in [3.05, 3.63) is 122 Å². The summed E-state index contributed by atoms with van der Waals surface area (Å²) >= 11 is 0. The second-order valence-electron chi connectivity index (χ2n) is 9.43.